The maximum atomic E-state index is 12.5. The molecule has 0 saturated heterocycles. The summed E-state index contributed by atoms with van der Waals surface area (Å²) >= 11 is 0. The van der Waals surface area contributed by atoms with Crippen molar-refractivity contribution >= 4 is 17.8 Å². The van der Waals surface area contributed by atoms with Gasteiger partial charge in [-0.2, -0.15) is 0 Å². The summed E-state index contributed by atoms with van der Waals surface area (Å²) in [6.07, 6.45) is 16.2. The fourth-order valence-corrected chi connectivity index (χ4v) is 3.78. The standard InChI is InChI=1S/C29H49N3O6/c1-4-6-8-9-10-11-12-13-14-15-20-38-26(33)23-32-29(35)27-25(36-3)21-24(22-31-27)28(34)30-17-16-19-37-18-7-5-2/h21-22H,4-20,23H2,1-3H3,(H,30,34)(H,32,35). The Hall–Kier alpha value is -2.68. The molecule has 0 aromatic carbocycles. The molecule has 0 aliphatic carbocycles. The third-order valence-corrected chi connectivity index (χ3v) is 6.10. The van der Waals surface area contributed by atoms with Gasteiger partial charge in [-0.05, 0) is 25.3 Å². The van der Waals surface area contributed by atoms with E-state index in [-0.39, 0.29) is 29.5 Å². The number of hydrogen-bond acceptors (Lipinski definition) is 7. The average molecular weight is 536 g/mol. The van der Waals surface area contributed by atoms with Crippen molar-refractivity contribution in [3.05, 3.63) is 23.5 Å². The number of carbonyl (C=O) groups is 3. The predicted molar refractivity (Wildman–Crippen MR) is 149 cm³/mol. The monoisotopic (exact) mass is 535 g/mol. The normalized spacial score (nSPS) is 10.7. The second kappa shape index (κ2) is 22.3. The molecule has 0 aliphatic heterocycles. The third kappa shape index (κ3) is 15.5. The second-order valence-corrected chi connectivity index (χ2v) is 9.44. The summed E-state index contributed by atoms with van der Waals surface area (Å²) in [6.45, 7) is 6.21. The molecule has 1 rings (SSSR count). The minimum Gasteiger partial charge on any atom is -0.494 e. The van der Waals surface area contributed by atoms with Crippen LogP contribution in [0.5, 0.6) is 5.75 Å². The topological polar surface area (TPSA) is 116 Å². The SMILES string of the molecule is CCCCCCCCCCCCOC(=O)CNC(=O)c1ncc(C(=O)NCCCOCCCC)cc1OC. The first kappa shape index (κ1) is 33.3. The van der Waals surface area contributed by atoms with Gasteiger partial charge in [0.05, 0.1) is 19.3 Å². The molecule has 1 aromatic heterocycles. The van der Waals surface area contributed by atoms with E-state index in [0.29, 0.717) is 26.2 Å². The van der Waals surface area contributed by atoms with Crippen molar-refractivity contribution in [2.75, 3.05) is 40.0 Å². The van der Waals surface area contributed by atoms with E-state index >= 15 is 0 Å². The summed E-state index contributed by atoms with van der Waals surface area (Å²) in [4.78, 5) is 41.0. The van der Waals surface area contributed by atoms with Gasteiger partial charge >= 0.3 is 5.97 Å². The van der Waals surface area contributed by atoms with E-state index in [9.17, 15) is 14.4 Å². The van der Waals surface area contributed by atoms with Crippen molar-refractivity contribution in [3.63, 3.8) is 0 Å². The van der Waals surface area contributed by atoms with E-state index < -0.39 is 11.9 Å². The van der Waals surface area contributed by atoms with Gasteiger partial charge in [0.25, 0.3) is 11.8 Å². The Bertz CT molecular complexity index is 803. The summed E-state index contributed by atoms with van der Waals surface area (Å²) < 4.78 is 15.9. The minimum absolute atomic E-state index is 0.00383. The number of methoxy groups -OCH3 is 1. The zero-order valence-electron chi connectivity index (χ0n) is 23.8. The molecule has 0 unspecified atom stereocenters. The van der Waals surface area contributed by atoms with Crippen LogP contribution in [-0.2, 0) is 14.3 Å². The lowest BCUT2D eigenvalue weighted by Gasteiger charge is -2.11. The summed E-state index contributed by atoms with van der Waals surface area (Å²) in [5, 5.41) is 5.31. The molecule has 9 nitrogen and oxygen atoms in total. The first-order valence-corrected chi connectivity index (χ1v) is 14.4. The van der Waals surface area contributed by atoms with Gasteiger partial charge in [-0.15, -0.1) is 0 Å². The molecule has 216 valence electrons. The van der Waals surface area contributed by atoms with Crippen LogP contribution in [0.25, 0.3) is 0 Å². The van der Waals surface area contributed by atoms with Crippen LogP contribution in [0, 0.1) is 0 Å². The molecule has 0 spiro atoms. The molecule has 0 radical (unpaired) electrons. The summed E-state index contributed by atoms with van der Waals surface area (Å²) in [6, 6.07) is 1.46. The zero-order chi connectivity index (χ0) is 27.8. The van der Waals surface area contributed by atoms with E-state index in [2.05, 4.69) is 29.5 Å². The number of hydrogen-bond donors (Lipinski definition) is 2. The van der Waals surface area contributed by atoms with Gasteiger partial charge in [0, 0.05) is 26.0 Å². The van der Waals surface area contributed by atoms with Gasteiger partial charge in [0.2, 0.25) is 0 Å². The Morgan fingerprint density at radius 1 is 0.763 bits per heavy atom. The lowest BCUT2D eigenvalue weighted by Crippen LogP contribution is -2.32. The Labute approximate surface area is 228 Å². The molecule has 0 saturated carbocycles. The van der Waals surface area contributed by atoms with Crippen molar-refractivity contribution < 1.29 is 28.6 Å². The predicted octanol–water partition coefficient (Wildman–Crippen LogP) is 5.22. The van der Waals surface area contributed by atoms with E-state index in [0.717, 1.165) is 38.7 Å². The molecule has 0 fully saturated rings. The molecule has 2 N–H and O–H groups in total. The number of carbonyl (C=O) groups excluding carboxylic acids is 3. The first-order chi connectivity index (χ1) is 18.5. The molecule has 9 heteroatoms. The number of esters is 1. The average Bonchev–Trinajstić information content (AvgIpc) is 2.93. The minimum atomic E-state index is -0.575. The Kier molecular flexibility index (Phi) is 19.6. The van der Waals surface area contributed by atoms with Gasteiger partial charge in [-0.25, -0.2) is 4.98 Å². The zero-order valence-corrected chi connectivity index (χ0v) is 23.8. The molecule has 1 heterocycles. The summed E-state index contributed by atoms with van der Waals surface area (Å²) in [7, 11) is 1.39. The number of nitrogens with one attached hydrogen (secondary N) is 2. The number of aromatic nitrogens is 1. The second-order valence-electron chi connectivity index (χ2n) is 9.44. The van der Waals surface area contributed by atoms with Gasteiger partial charge in [-0.1, -0.05) is 78.1 Å². The lowest BCUT2D eigenvalue weighted by atomic mass is 10.1. The molecular weight excluding hydrogens is 486 g/mol. The largest absolute Gasteiger partial charge is 0.494 e. The number of pyridine rings is 1. The number of rotatable bonds is 23. The van der Waals surface area contributed by atoms with E-state index in [1.54, 1.807) is 0 Å². The highest BCUT2D eigenvalue weighted by molar-refractivity contribution is 5.99. The first-order valence-electron chi connectivity index (χ1n) is 14.4. The Balaban J connectivity index is 2.27. The maximum Gasteiger partial charge on any atom is 0.325 e. The molecule has 1 aromatic rings. The van der Waals surface area contributed by atoms with E-state index in [4.69, 9.17) is 14.2 Å². The molecular formula is C29H49N3O6. The number of nitrogens with zero attached hydrogens (tertiary/aromatic N) is 1. The molecule has 0 aliphatic rings. The van der Waals surface area contributed by atoms with Crippen LogP contribution < -0.4 is 15.4 Å². The van der Waals surface area contributed by atoms with Gasteiger partial charge < -0.3 is 24.8 Å². The lowest BCUT2D eigenvalue weighted by molar-refractivity contribution is -0.142. The van der Waals surface area contributed by atoms with Crippen LogP contribution in [0.3, 0.4) is 0 Å². The van der Waals surface area contributed by atoms with Crippen LogP contribution in [0.4, 0.5) is 0 Å². The van der Waals surface area contributed by atoms with Gasteiger partial charge in [0.1, 0.15) is 6.54 Å². The highest BCUT2D eigenvalue weighted by Crippen LogP contribution is 2.17. The Morgan fingerprint density at radius 3 is 2.05 bits per heavy atom. The van der Waals surface area contributed by atoms with Crippen molar-refractivity contribution in [1.82, 2.24) is 15.6 Å². The van der Waals surface area contributed by atoms with Crippen molar-refractivity contribution in [2.24, 2.45) is 0 Å². The molecule has 0 bridgehead atoms. The van der Waals surface area contributed by atoms with Gasteiger partial charge in [0.15, 0.2) is 11.4 Å². The fourth-order valence-electron chi connectivity index (χ4n) is 3.78. The van der Waals surface area contributed by atoms with Crippen molar-refractivity contribution in [1.29, 1.82) is 0 Å². The summed E-state index contributed by atoms with van der Waals surface area (Å²) in [5.41, 5.74) is 0.275. The number of amides is 2. The van der Waals surface area contributed by atoms with E-state index in [1.807, 2.05) is 0 Å². The molecule has 38 heavy (non-hydrogen) atoms. The maximum absolute atomic E-state index is 12.5. The highest BCUT2D eigenvalue weighted by atomic mass is 16.5. The quantitative estimate of drug-likeness (QED) is 0.146. The van der Waals surface area contributed by atoms with Gasteiger partial charge in [-0.3, -0.25) is 14.4 Å². The van der Waals surface area contributed by atoms with Crippen LogP contribution in [-0.4, -0.2) is 62.8 Å². The number of unbranched alkanes of at least 4 members (excludes halogenated alkanes) is 10. The third-order valence-electron chi connectivity index (χ3n) is 6.10. The highest BCUT2D eigenvalue weighted by Gasteiger charge is 2.18. The van der Waals surface area contributed by atoms with Crippen LogP contribution in [0.15, 0.2) is 12.3 Å². The van der Waals surface area contributed by atoms with E-state index in [1.165, 1.54) is 64.3 Å². The fraction of sp³-hybridized carbons (Fsp3) is 0.724. The summed E-state index contributed by atoms with van der Waals surface area (Å²) in [5.74, 6) is -1.24. The van der Waals surface area contributed by atoms with Crippen LogP contribution >= 0.6 is 0 Å². The molecule has 0 atom stereocenters. The smallest absolute Gasteiger partial charge is 0.325 e. The molecule has 2 amide bonds. The van der Waals surface area contributed by atoms with Crippen LogP contribution in [0.1, 0.15) is 118 Å². The Morgan fingerprint density at radius 2 is 1.39 bits per heavy atom. The van der Waals surface area contributed by atoms with Crippen molar-refractivity contribution in [2.45, 2.75) is 97.3 Å². The van der Waals surface area contributed by atoms with Crippen molar-refractivity contribution in [3.8, 4) is 5.75 Å². The van der Waals surface area contributed by atoms with Crippen LogP contribution in [0.2, 0.25) is 0 Å². The number of ether oxygens (including phenoxy) is 3.